The third kappa shape index (κ3) is 9.15. The summed E-state index contributed by atoms with van der Waals surface area (Å²) in [7, 11) is 0. The average molecular weight is 585 g/mol. The molecule has 0 spiro atoms. The number of carbonyl (C=O) groups is 3. The molecule has 0 saturated heterocycles. The second kappa shape index (κ2) is 17.2. The topological polar surface area (TPSA) is 127 Å². The number of hydrogen-bond donors (Lipinski definition) is 1. The minimum atomic E-state index is -0.981. The molecule has 1 N–H and O–H groups in total. The second-order valence-electron chi connectivity index (χ2n) is 8.69. The Balaban J connectivity index is 0.00000162. The van der Waals surface area contributed by atoms with E-state index in [4.69, 9.17) is 33.5 Å². The summed E-state index contributed by atoms with van der Waals surface area (Å²) in [6.45, 7) is 22.6. The summed E-state index contributed by atoms with van der Waals surface area (Å²) >= 11 is 0. The second-order valence-corrected chi connectivity index (χ2v) is 8.69. The Morgan fingerprint density at radius 2 is 0.952 bits per heavy atom. The zero-order chi connectivity index (χ0) is 31.9. The Morgan fingerprint density at radius 3 is 1.21 bits per heavy atom. The molecule has 0 atom stereocenters. The first-order valence-corrected chi connectivity index (χ1v) is 13.4. The molecule has 2 aromatic rings. The van der Waals surface area contributed by atoms with E-state index < -0.39 is 23.3 Å². The highest BCUT2D eigenvalue weighted by Crippen LogP contribution is 2.51. The lowest BCUT2D eigenvalue weighted by molar-refractivity contribution is -0.131. The smallest absolute Gasteiger partial charge is 0.335 e. The first-order chi connectivity index (χ1) is 20.0. The van der Waals surface area contributed by atoms with Crippen LogP contribution in [0.2, 0.25) is 0 Å². The van der Waals surface area contributed by atoms with Crippen LogP contribution in [0.25, 0.3) is 0 Å². The van der Waals surface area contributed by atoms with Gasteiger partial charge in [0.25, 0.3) is 0 Å². The molecule has 10 nitrogen and oxygen atoms in total. The summed E-state index contributed by atoms with van der Waals surface area (Å²) in [5, 5.41) is 7.60. The lowest BCUT2D eigenvalue weighted by Crippen LogP contribution is -2.23. The van der Waals surface area contributed by atoms with E-state index in [9.17, 15) is 14.4 Å². The molecule has 0 amide bonds. The van der Waals surface area contributed by atoms with Crippen molar-refractivity contribution in [3.63, 3.8) is 0 Å². The van der Waals surface area contributed by atoms with Crippen LogP contribution in [0.15, 0.2) is 62.2 Å². The highest BCUT2D eigenvalue weighted by Gasteiger charge is 2.35. The van der Waals surface area contributed by atoms with Crippen LogP contribution in [0.3, 0.4) is 0 Å². The number of ether oxygens (including phenoxy) is 6. The van der Waals surface area contributed by atoms with Gasteiger partial charge in [-0.1, -0.05) is 45.7 Å². The first-order valence-electron chi connectivity index (χ1n) is 13.4. The monoisotopic (exact) mass is 584 g/mol. The van der Waals surface area contributed by atoms with Crippen molar-refractivity contribution in [2.45, 2.75) is 47.0 Å². The maximum atomic E-state index is 11.9. The van der Waals surface area contributed by atoms with E-state index in [1.54, 1.807) is 12.1 Å². The first kappa shape index (κ1) is 35.3. The zero-order valence-corrected chi connectivity index (χ0v) is 25.1. The maximum Gasteiger partial charge on any atom is 0.335 e. The molecule has 0 aliphatic carbocycles. The van der Waals surface area contributed by atoms with Gasteiger partial charge in [0.15, 0.2) is 23.0 Å². The van der Waals surface area contributed by atoms with Gasteiger partial charge in [0.1, 0.15) is 0 Å². The molecule has 0 aliphatic rings. The molecule has 42 heavy (non-hydrogen) atoms. The van der Waals surface area contributed by atoms with Crippen LogP contribution in [-0.2, 0) is 19.8 Å². The van der Waals surface area contributed by atoms with Crippen molar-refractivity contribution >= 4 is 17.9 Å². The fraction of sp³-hybridized carbons (Fsp3) is 0.344. The summed E-state index contributed by atoms with van der Waals surface area (Å²) in [4.78, 5) is 33.1. The number of esters is 2. The molecule has 0 fully saturated rings. The summed E-state index contributed by atoms with van der Waals surface area (Å²) in [5.74, 6) is -0.264. The van der Waals surface area contributed by atoms with Gasteiger partial charge in [-0.05, 0) is 39.8 Å². The molecule has 0 saturated carbocycles. The van der Waals surface area contributed by atoms with Crippen LogP contribution in [0.5, 0.6) is 34.5 Å². The van der Waals surface area contributed by atoms with Crippen molar-refractivity contribution < 1.29 is 47.9 Å². The van der Waals surface area contributed by atoms with Crippen molar-refractivity contribution in [1.82, 2.24) is 0 Å². The molecule has 10 heteroatoms. The molecule has 0 heterocycles. The fourth-order valence-electron chi connectivity index (χ4n) is 3.82. The number of hydrogen-bond acceptors (Lipinski definition) is 9. The van der Waals surface area contributed by atoms with E-state index in [1.165, 1.54) is 0 Å². The van der Waals surface area contributed by atoms with Gasteiger partial charge in [0.2, 0.25) is 11.5 Å². The Morgan fingerprint density at radius 1 is 0.643 bits per heavy atom. The number of carbonyl (C=O) groups excluding carboxylic acids is 2. The van der Waals surface area contributed by atoms with Gasteiger partial charge in [-0.15, -0.1) is 0 Å². The van der Waals surface area contributed by atoms with E-state index in [-0.39, 0.29) is 11.5 Å². The van der Waals surface area contributed by atoms with Crippen molar-refractivity contribution in [3.8, 4) is 34.5 Å². The van der Waals surface area contributed by atoms with Crippen LogP contribution in [0, 0.1) is 0 Å². The zero-order valence-electron chi connectivity index (χ0n) is 25.1. The van der Waals surface area contributed by atoms with Gasteiger partial charge in [-0.3, -0.25) is 0 Å². The molecule has 0 bridgehead atoms. The quantitative estimate of drug-likeness (QED) is 0.150. The lowest BCUT2D eigenvalue weighted by Gasteiger charge is -2.32. The molecule has 228 valence electrons. The predicted octanol–water partition coefficient (Wildman–Crippen LogP) is 6.05. The third-order valence-electron chi connectivity index (χ3n) is 5.58. The number of carboxylic acids is 1. The fourth-order valence-corrected chi connectivity index (χ4v) is 3.82. The predicted molar refractivity (Wildman–Crippen MR) is 159 cm³/mol. The number of rotatable bonds is 15. The van der Waals surface area contributed by atoms with E-state index in [0.717, 1.165) is 29.4 Å². The highest BCUT2D eigenvalue weighted by molar-refractivity contribution is 5.85. The standard InChI is InChI=1S/C29H36O8.C3H4O2/c1-9-23(30)36-21-17-15-19(25(32-11-3)27(21)34-13-5)29(7,8)20-16-18-22(37-24(31)10-2)28(35-14-6)26(20)33-12-4;1-2-3(4)5/h9-10,15-18H,1-2,11-14H2,3-8H3;2H,1H2,(H,4,5). The average Bonchev–Trinajstić information content (AvgIpc) is 2.96. The van der Waals surface area contributed by atoms with E-state index >= 15 is 0 Å². The van der Waals surface area contributed by atoms with Crippen molar-refractivity contribution in [2.24, 2.45) is 0 Å². The van der Waals surface area contributed by atoms with Crippen LogP contribution >= 0.6 is 0 Å². The van der Waals surface area contributed by atoms with Crippen LogP contribution < -0.4 is 28.4 Å². The number of benzene rings is 2. The normalized spacial score (nSPS) is 10.2. The Kier molecular flexibility index (Phi) is 14.4. The van der Waals surface area contributed by atoms with Gasteiger partial charge in [0, 0.05) is 34.8 Å². The van der Waals surface area contributed by atoms with Crippen LogP contribution in [-0.4, -0.2) is 49.4 Å². The molecular formula is C32H40O10. The third-order valence-corrected chi connectivity index (χ3v) is 5.58. The largest absolute Gasteiger partial charge is 0.490 e. The summed E-state index contributed by atoms with van der Waals surface area (Å²) in [6, 6.07) is 6.97. The summed E-state index contributed by atoms with van der Waals surface area (Å²) in [6.07, 6.45) is 3.00. The number of aliphatic carboxylic acids is 1. The molecule has 2 rings (SSSR count). The van der Waals surface area contributed by atoms with E-state index in [0.29, 0.717) is 49.4 Å². The van der Waals surface area contributed by atoms with Crippen LogP contribution in [0.4, 0.5) is 0 Å². The van der Waals surface area contributed by atoms with Gasteiger partial charge in [-0.25, -0.2) is 14.4 Å². The minimum absolute atomic E-state index is 0.224. The van der Waals surface area contributed by atoms with E-state index in [2.05, 4.69) is 19.7 Å². The molecule has 0 aliphatic heterocycles. The summed E-state index contributed by atoms with van der Waals surface area (Å²) in [5.41, 5.74) is 0.792. The molecule has 2 aromatic carbocycles. The number of carboxylic acid groups (broad SMARTS) is 1. The Hall–Kier alpha value is -4.73. The highest BCUT2D eigenvalue weighted by atomic mass is 16.6. The van der Waals surface area contributed by atoms with Crippen molar-refractivity contribution in [2.75, 3.05) is 26.4 Å². The van der Waals surface area contributed by atoms with Crippen molar-refractivity contribution in [1.29, 1.82) is 0 Å². The SMILES string of the molecule is C=CC(=O)O.C=CC(=O)Oc1ccc(C(C)(C)c2ccc(OC(=O)C=C)c(OCC)c2OCC)c(OCC)c1OCC. The van der Waals surface area contributed by atoms with Crippen molar-refractivity contribution in [3.05, 3.63) is 73.4 Å². The van der Waals surface area contributed by atoms with Crippen LogP contribution in [0.1, 0.15) is 52.7 Å². The van der Waals surface area contributed by atoms with Gasteiger partial charge in [-0.2, -0.15) is 0 Å². The summed E-state index contributed by atoms with van der Waals surface area (Å²) < 4.78 is 34.7. The lowest BCUT2D eigenvalue weighted by atomic mass is 9.76. The van der Waals surface area contributed by atoms with Gasteiger partial charge < -0.3 is 33.5 Å². The van der Waals surface area contributed by atoms with Gasteiger partial charge >= 0.3 is 17.9 Å². The van der Waals surface area contributed by atoms with Gasteiger partial charge in [0.05, 0.1) is 26.4 Å². The van der Waals surface area contributed by atoms with E-state index in [1.807, 2.05) is 53.7 Å². The Bertz CT molecular complexity index is 1190. The molecule has 0 unspecified atom stereocenters. The maximum absolute atomic E-state index is 11.9. The molecular weight excluding hydrogens is 544 g/mol. The Labute approximate surface area is 247 Å². The molecule has 0 radical (unpaired) electrons. The minimum Gasteiger partial charge on any atom is -0.490 e. The molecule has 0 aromatic heterocycles.